The lowest BCUT2D eigenvalue weighted by atomic mass is 10.1. The van der Waals surface area contributed by atoms with Gasteiger partial charge in [-0.1, -0.05) is 30.3 Å². The SMILES string of the molecule is C=CC(=O)N1CC(NC(=O)Cn2ccc3cccc(Cl)c32)C1. The van der Waals surface area contributed by atoms with Crippen LogP contribution in [0.25, 0.3) is 10.9 Å². The quantitative estimate of drug-likeness (QED) is 0.874. The second-order valence-electron chi connectivity index (χ2n) is 5.33. The third-order valence-corrected chi connectivity index (χ3v) is 4.09. The second-order valence-corrected chi connectivity index (χ2v) is 5.74. The third kappa shape index (κ3) is 2.72. The summed E-state index contributed by atoms with van der Waals surface area (Å²) >= 11 is 6.20. The maximum atomic E-state index is 12.1. The number of aromatic nitrogens is 1. The maximum Gasteiger partial charge on any atom is 0.246 e. The summed E-state index contributed by atoms with van der Waals surface area (Å²) in [6, 6.07) is 7.59. The summed E-state index contributed by atoms with van der Waals surface area (Å²) in [6.45, 7) is 4.71. The smallest absolute Gasteiger partial charge is 0.246 e. The number of nitrogens with one attached hydrogen (secondary N) is 1. The van der Waals surface area contributed by atoms with Gasteiger partial charge in [-0.05, 0) is 18.2 Å². The number of hydrogen-bond donors (Lipinski definition) is 1. The molecule has 1 saturated heterocycles. The van der Waals surface area contributed by atoms with Crippen molar-refractivity contribution < 1.29 is 9.59 Å². The van der Waals surface area contributed by atoms with Crippen LogP contribution in [-0.4, -0.2) is 40.4 Å². The number of halogens is 1. The van der Waals surface area contributed by atoms with Crippen molar-refractivity contribution in [3.05, 3.63) is 48.1 Å². The van der Waals surface area contributed by atoms with Crippen LogP contribution in [-0.2, 0) is 16.1 Å². The number of benzene rings is 1. The summed E-state index contributed by atoms with van der Waals surface area (Å²) < 4.78 is 1.83. The first-order valence-corrected chi connectivity index (χ1v) is 7.40. The zero-order valence-corrected chi connectivity index (χ0v) is 12.7. The molecule has 1 aliphatic heterocycles. The first-order valence-electron chi connectivity index (χ1n) is 7.02. The Labute approximate surface area is 133 Å². The van der Waals surface area contributed by atoms with Crippen molar-refractivity contribution in [2.45, 2.75) is 12.6 Å². The van der Waals surface area contributed by atoms with Crippen molar-refractivity contribution >= 4 is 34.3 Å². The van der Waals surface area contributed by atoms with Crippen LogP contribution >= 0.6 is 11.6 Å². The summed E-state index contributed by atoms with van der Waals surface area (Å²) in [5, 5.41) is 4.55. The molecule has 2 amide bonds. The highest BCUT2D eigenvalue weighted by molar-refractivity contribution is 6.35. The van der Waals surface area contributed by atoms with E-state index < -0.39 is 0 Å². The minimum atomic E-state index is -0.103. The predicted octanol–water partition coefficient (Wildman–Crippen LogP) is 1.81. The van der Waals surface area contributed by atoms with Crippen molar-refractivity contribution in [1.29, 1.82) is 0 Å². The largest absolute Gasteiger partial charge is 0.348 e. The molecule has 0 radical (unpaired) electrons. The average molecular weight is 318 g/mol. The number of likely N-dealkylation sites (tertiary alicyclic amines) is 1. The van der Waals surface area contributed by atoms with E-state index >= 15 is 0 Å². The van der Waals surface area contributed by atoms with Gasteiger partial charge in [-0.2, -0.15) is 0 Å². The second kappa shape index (κ2) is 5.85. The molecule has 0 bridgehead atoms. The zero-order valence-electron chi connectivity index (χ0n) is 12.0. The van der Waals surface area contributed by atoms with Crippen molar-refractivity contribution in [1.82, 2.24) is 14.8 Å². The molecule has 0 atom stereocenters. The van der Waals surface area contributed by atoms with Gasteiger partial charge in [0.05, 0.1) is 16.6 Å². The van der Waals surface area contributed by atoms with Crippen LogP contribution < -0.4 is 5.32 Å². The van der Waals surface area contributed by atoms with E-state index in [0.717, 1.165) is 10.9 Å². The molecule has 1 aromatic carbocycles. The fourth-order valence-electron chi connectivity index (χ4n) is 2.65. The van der Waals surface area contributed by atoms with Crippen LogP contribution in [0.2, 0.25) is 5.02 Å². The van der Waals surface area contributed by atoms with Gasteiger partial charge in [0.25, 0.3) is 0 Å². The van der Waals surface area contributed by atoms with E-state index in [4.69, 9.17) is 11.6 Å². The van der Waals surface area contributed by atoms with Gasteiger partial charge in [-0.15, -0.1) is 0 Å². The van der Waals surface area contributed by atoms with Crippen LogP contribution in [0.5, 0.6) is 0 Å². The monoisotopic (exact) mass is 317 g/mol. The molecule has 0 aliphatic carbocycles. The first kappa shape index (κ1) is 14.7. The van der Waals surface area contributed by atoms with Crippen LogP contribution in [0.4, 0.5) is 0 Å². The van der Waals surface area contributed by atoms with Crippen molar-refractivity contribution in [3.63, 3.8) is 0 Å². The topological polar surface area (TPSA) is 54.3 Å². The van der Waals surface area contributed by atoms with Crippen molar-refractivity contribution in [3.8, 4) is 0 Å². The molecule has 6 heteroatoms. The van der Waals surface area contributed by atoms with Gasteiger partial charge in [0, 0.05) is 24.7 Å². The molecule has 3 rings (SSSR count). The highest BCUT2D eigenvalue weighted by Crippen LogP contribution is 2.24. The number of nitrogens with zero attached hydrogens (tertiary/aromatic N) is 2. The predicted molar refractivity (Wildman–Crippen MR) is 85.7 cm³/mol. The van der Waals surface area contributed by atoms with Gasteiger partial charge < -0.3 is 14.8 Å². The molecule has 1 fully saturated rings. The van der Waals surface area contributed by atoms with Gasteiger partial charge in [0.2, 0.25) is 11.8 Å². The lowest BCUT2D eigenvalue weighted by Gasteiger charge is -2.38. The van der Waals surface area contributed by atoms with Gasteiger partial charge >= 0.3 is 0 Å². The number of para-hydroxylation sites is 1. The van der Waals surface area contributed by atoms with Crippen LogP contribution in [0, 0.1) is 0 Å². The summed E-state index contributed by atoms with van der Waals surface area (Å²) in [5.41, 5.74) is 0.858. The molecular formula is C16H16ClN3O2. The Bertz CT molecular complexity index is 747. The molecule has 0 unspecified atom stereocenters. The fraction of sp³-hybridized carbons (Fsp3) is 0.250. The van der Waals surface area contributed by atoms with E-state index in [0.29, 0.717) is 18.1 Å². The van der Waals surface area contributed by atoms with Crippen LogP contribution in [0.15, 0.2) is 43.1 Å². The standard InChI is InChI=1S/C16H16ClN3O2/c1-2-15(22)20-8-12(9-20)18-14(21)10-19-7-6-11-4-3-5-13(17)16(11)19/h2-7,12H,1,8-10H2,(H,18,21). The zero-order chi connectivity index (χ0) is 15.7. The molecular weight excluding hydrogens is 302 g/mol. The summed E-state index contributed by atoms with van der Waals surface area (Å²) in [5.74, 6) is -0.193. The van der Waals surface area contributed by atoms with Crippen LogP contribution in [0.1, 0.15) is 0 Å². The van der Waals surface area contributed by atoms with E-state index in [2.05, 4.69) is 11.9 Å². The molecule has 0 spiro atoms. The summed E-state index contributed by atoms with van der Waals surface area (Å²) in [7, 11) is 0. The normalized spacial score (nSPS) is 14.7. The molecule has 5 nitrogen and oxygen atoms in total. The number of hydrogen-bond acceptors (Lipinski definition) is 2. The number of carbonyl (C=O) groups is 2. The van der Waals surface area contributed by atoms with Gasteiger partial charge in [-0.3, -0.25) is 9.59 Å². The highest BCUT2D eigenvalue weighted by atomic mass is 35.5. The lowest BCUT2D eigenvalue weighted by Crippen LogP contribution is -2.61. The van der Waals surface area contributed by atoms with E-state index in [1.807, 2.05) is 35.0 Å². The molecule has 2 heterocycles. The fourth-order valence-corrected chi connectivity index (χ4v) is 2.94. The average Bonchev–Trinajstić information content (AvgIpc) is 2.86. The Morgan fingerprint density at radius 3 is 2.86 bits per heavy atom. The highest BCUT2D eigenvalue weighted by Gasteiger charge is 2.30. The van der Waals surface area contributed by atoms with Crippen molar-refractivity contribution in [2.24, 2.45) is 0 Å². The Kier molecular flexibility index (Phi) is 3.90. The third-order valence-electron chi connectivity index (χ3n) is 3.79. The number of fused-ring (bicyclic) bond motifs is 1. The maximum absolute atomic E-state index is 12.1. The molecule has 1 aromatic heterocycles. The van der Waals surface area contributed by atoms with Gasteiger partial charge in [0.1, 0.15) is 6.54 Å². The van der Waals surface area contributed by atoms with Crippen LogP contribution in [0.3, 0.4) is 0 Å². The number of amides is 2. The van der Waals surface area contributed by atoms with Gasteiger partial charge in [0.15, 0.2) is 0 Å². The number of carbonyl (C=O) groups excluding carboxylic acids is 2. The van der Waals surface area contributed by atoms with E-state index in [9.17, 15) is 9.59 Å². The summed E-state index contributed by atoms with van der Waals surface area (Å²) in [6.07, 6.45) is 3.14. The van der Waals surface area contributed by atoms with E-state index in [-0.39, 0.29) is 24.4 Å². The Balaban J connectivity index is 1.60. The minimum Gasteiger partial charge on any atom is -0.348 e. The molecule has 1 N–H and O–H groups in total. The number of rotatable bonds is 4. The summed E-state index contributed by atoms with van der Waals surface area (Å²) in [4.78, 5) is 25.1. The van der Waals surface area contributed by atoms with Gasteiger partial charge in [-0.25, -0.2) is 0 Å². The minimum absolute atomic E-state index is 0.00805. The Morgan fingerprint density at radius 1 is 1.36 bits per heavy atom. The Hall–Kier alpha value is -2.27. The molecule has 0 saturated carbocycles. The van der Waals surface area contributed by atoms with E-state index in [1.165, 1.54) is 6.08 Å². The molecule has 22 heavy (non-hydrogen) atoms. The molecule has 114 valence electrons. The lowest BCUT2D eigenvalue weighted by molar-refractivity contribution is -0.133. The molecule has 1 aliphatic rings. The molecule has 2 aromatic rings. The van der Waals surface area contributed by atoms with Crippen molar-refractivity contribution in [2.75, 3.05) is 13.1 Å². The first-order chi connectivity index (χ1) is 10.6. The Morgan fingerprint density at radius 2 is 2.14 bits per heavy atom. The van der Waals surface area contributed by atoms with E-state index in [1.54, 1.807) is 4.90 Å².